The van der Waals surface area contributed by atoms with Crippen LogP contribution in [0.25, 0.3) is 0 Å². The highest BCUT2D eigenvalue weighted by Crippen LogP contribution is 2.74. The van der Waals surface area contributed by atoms with E-state index in [1.165, 1.54) is 44.9 Å². The molecule has 4 fully saturated rings. The van der Waals surface area contributed by atoms with Crippen molar-refractivity contribution < 1.29 is 4.79 Å². The molecule has 172 valence electrons. The van der Waals surface area contributed by atoms with E-state index >= 15 is 0 Å². The fraction of sp³-hybridized carbons (Fsp3) is 0.833. The van der Waals surface area contributed by atoms with Crippen molar-refractivity contribution in [1.82, 2.24) is 0 Å². The molecule has 0 radical (unpaired) electrons. The first-order valence-corrected chi connectivity index (χ1v) is 13.2. The van der Waals surface area contributed by atoms with E-state index in [0.29, 0.717) is 22.5 Å². The van der Waals surface area contributed by atoms with Crippen molar-refractivity contribution in [1.29, 1.82) is 0 Å². The van der Waals surface area contributed by atoms with Gasteiger partial charge in [-0.05, 0) is 90.3 Å². The third-order valence-corrected chi connectivity index (χ3v) is 12.2. The third-order valence-electron chi connectivity index (χ3n) is 12.2. The molecule has 5 rings (SSSR count). The number of carbonyl (C=O) groups is 1. The van der Waals surface area contributed by atoms with E-state index in [4.69, 9.17) is 0 Å². The Bertz CT molecular complexity index is 886. The fourth-order valence-electron chi connectivity index (χ4n) is 9.62. The third kappa shape index (κ3) is 2.64. The van der Waals surface area contributed by atoms with Gasteiger partial charge in [-0.25, -0.2) is 0 Å². The molecule has 5 aliphatic rings. The summed E-state index contributed by atoms with van der Waals surface area (Å²) in [7, 11) is 0. The second kappa shape index (κ2) is 6.18. The summed E-state index contributed by atoms with van der Waals surface area (Å²) in [6, 6.07) is 0. The quantitative estimate of drug-likeness (QED) is 0.383. The first-order valence-electron chi connectivity index (χ1n) is 13.2. The molecule has 1 unspecified atom stereocenters. The molecule has 31 heavy (non-hydrogen) atoms. The van der Waals surface area contributed by atoms with Gasteiger partial charge < -0.3 is 0 Å². The Morgan fingerprint density at radius 1 is 0.774 bits per heavy atom. The molecule has 0 aromatic carbocycles. The Kier molecular flexibility index (Phi) is 4.38. The van der Waals surface area contributed by atoms with Gasteiger partial charge in [0.05, 0.1) is 0 Å². The number of hydrogen-bond donors (Lipinski definition) is 0. The molecule has 6 atom stereocenters. The minimum atomic E-state index is -0.182. The topological polar surface area (TPSA) is 17.1 Å². The molecule has 4 saturated carbocycles. The zero-order valence-electron chi connectivity index (χ0n) is 21.6. The number of rotatable bonds is 0. The molecule has 0 N–H and O–H groups in total. The minimum absolute atomic E-state index is 0.169. The van der Waals surface area contributed by atoms with E-state index in [2.05, 4.69) is 67.5 Å². The average molecular weight is 423 g/mol. The molecule has 1 heteroatoms. The Morgan fingerprint density at radius 2 is 1.45 bits per heavy atom. The van der Waals surface area contributed by atoms with Crippen molar-refractivity contribution in [2.24, 2.45) is 44.3 Å². The van der Waals surface area contributed by atoms with Gasteiger partial charge in [0.1, 0.15) is 5.78 Å². The number of ketones is 1. The Morgan fingerprint density at radius 3 is 2.16 bits per heavy atom. The lowest BCUT2D eigenvalue weighted by molar-refractivity contribution is -0.144. The van der Waals surface area contributed by atoms with Crippen LogP contribution in [0.15, 0.2) is 23.3 Å². The lowest BCUT2D eigenvalue weighted by Crippen LogP contribution is -2.60. The highest BCUT2D eigenvalue weighted by Gasteiger charge is 2.65. The van der Waals surface area contributed by atoms with Gasteiger partial charge in [-0.15, -0.1) is 0 Å². The molecule has 1 nitrogen and oxygen atoms in total. The minimum Gasteiger partial charge on any atom is -0.299 e. The monoisotopic (exact) mass is 422 g/mol. The van der Waals surface area contributed by atoms with Gasteiger partial charge in [-0.3, -0.25) is 4.79 Å². The molecule has 0 aromatic heterocycles. The summed E-state index contributed by atoms with van der Waals surface area (Å²) in [5, 5.41) is 0. The zero-order valence-corrected chi connectivity index (χ0v) is 21.6. The number of allylic oxidation sites excluding steroid dienone is 4. The molecule has 0 amide bonds. The van der Waals surface area contributed by atoms with Crippen LogP contribution in [0.4, 0.5) is 0 Å². The first-order chi connectivity index (χ1) is 14.2. The van der Waals surface area contributed by atoms with E-state index in [9.17, 15) is 4.79 Å². The van der Waals surface area contributed by atoms with Gasteiger partial charge in [0.2, 0.25) is 0 Å². The van der Waals surface area contributed by atoms with Gasteiger partial charge in [0.25, 0.3) is 0 Å². The van der Waals surface area contributed by atoms with Crippen molar-refractivity contribution in [3.8, 4) is 0 Å². The molecule has 0 spiro atoms. The van der Waals surface area contributed by atoms with Gasteiger partial charge in [-0.1, -0.05) is 78.7 Å². The number of carbonyl (C=O) groups excluding carboxylic acids is 1. The van der Waals surface area contributed by atoms with Crippen LogP contribution in [0.5, 0.6) is 0 Å². The highest BCUT2D eigenvalue weighted by atomic mass is 16.1. The van der Waals surface area contributed by atoms with Crippen LogP contribution in [0.1, 0.15) is 113 Å². The van der Waals surface area contributed by atoms with Crippen LogP contribution >= 0.6 is 0 Å². The van der Waals surface area contributed by atoms with E-state index in [1.54, 1.807) is 11.1 Å². The fourth-order valence-corrected chi connectivity index (χ4v) is 9.62. The smallest absolute Gasteiger partial charge is 0.138 e. The Balaban J connectivity index is 1.63. The van der Waals surface area contributed by atoms with E-state index in [0.717, 1.165) is 18.8 Å². The molecule has 0 aromatic rings. The Labute approximate surface area is 191 Å². The van der Waals surface area contributed by atoms with Crippen molar-refractivity contribution in [3.05, 3.63) is 23.3 Å². The van der Waals surface area contributed by atoms with Crippen molar-refractivity contribution in [2.75, 3.05) is 0 Å². The second-order valence-corrected chi connectivity index (χ2v) is 14.6. The summed E-state index contributed by atoms with van der Waals surface area (Å²) in [5.41, 5.74) is 4.93. The first kappa shape index (κ1) is 22.0. The predicted octanol–water partition coefficient (Wildman–Crippen LogP) is 8.30. The summed E-state index contributed by atoms with van der Waals surface area (Å²) in [6.07, 6.45) is 16.3. The van der Waals surface area contributed by atoms with Crippen LogP contribution < -0.4 is 0 Å². The standard InChI is InChI=1S/C30H46O/c1-25(2)15-16-27(5)17-18-29(7)20(21(27)19-25)9-10-23-28(6)13-12-24(31)26(3,4)22(28)11-14-30(23,29)8/h9-10,21-22H,11-19H2,1-8H3/t21-,22?,27-,28+,29-,30-/m1/s1. The normalized spacial score (nSPS) is 50.3. The van der Waals surface area contributed by atoms with Crippen LogP contribution in [-0.4, -0.2) is 5.78 Å². The number of fused-ring (bicyclic) bond motifs is 7. The Hall–Kier alpha value is -0.850. The number of Topliss-reactive ketones (excluding diaryl/α,β-unsaturated/α-hetero) is 1. The lowest BCUT2D eigenvalue weighted by atomic mass is 9.36. The maximum Gasteiger partial charge on any atom is 0.138 e. The average Bonchev–Trinajstić information content (AvgIpc) is 2.67. The number of hydrogen-bond acceptors (Lipinski definition) is 1. The molecule has 0 bridgehead atoms. The van der Waals surface area contributed by atoms with Crippen molar-refractivity contribution in [2.45, 2.75) is 113 Å². The van der Waals surface area contributed by atoms with Gasteiger partial charge in [-0.2, -0.15) is 0 Å². The predicted molar refractivity (Wildman–Crippen MR) is 130 cm³/mol. The lowest BCUT2D eigenvalue weighted by Gasteiger charge is -2.68. The van der Waals surface area contributed by atoms with Gasteiger partial charge in [0, 0.05) is 11.8 Å². The van der Waals surface area contributed by atoms with Crippen LogP contribution in [0.3, 0.4) is 0 Å². The summed E-state index contributed by atoms with van der Waals surface area (Å²) >= 11 is 0. The molecular formula is C30H46O. The van der Waals surface area contributed by atoms with Crippen molar-refractivity contribution in [3.63, 3.8) is 0 Å². The van der Waals surface area contributed by atoms with Crippen LogP contribution in [-0.2, 0) is 4.79 Å². The zero-order chi connectivity index (χ0) is 22.7. The van der Waals surface area contributed by atoms with Crippen molar-refractivity contribution >= 4 is 5.78 Å². The highest BCUT2D eigenvalue weighted by molar-refractivity contribution is 5.85. The van der Waals surface area contributed by atoms with Crippen LogP contribution in [0, 0.1) is 44.3 Å². The van der Waals surface area contributed by atoms with Crippen LogP contribution in [0.2, 0.25) is 0 Å². The maximum atomic E-state index is 12.9. The summed E-state index contributed by atoms with van der Waals surface area (Å²) < 4.78 is 0. The summed E-state index contributed by atoms with van der Waals surface area (Å²) in [4.78, 5) is 12.9. The van der Waals surface area contributed by atoms with Gasteiger partial charge >= 0.3 is 0 Å². The molecule has 0 heterocycles. The summed E-state index contributed by atoms with van der Waals surface area (Å²) in [5.74, 6) is 1.72. The SMILES string of the molecule is CC1(C)CC[C@]2(C)CC[C@]3(C)C(=CC=C4[C@@]5(C)CCC(=O)C(C)(C)C5CC[C@]43C)[C@H]2C1. The second-order valence-electron chi connectivity index (χ2n) is 14.6. The van der Waals surface area contributed by atoms with E-state index in [1.807, 2.05) is 0 Å². The molecule has 5 aliphatic carbocycles. The van der Waals surface area contributed by atoms with E-state index < -0.39 is 0 Å². The largest absolute Gasteiger partial charge is 0.299 e. The molecule has 0 saturated heterocycles. The summed E-state index contributed by atoms with van der Waals surface area (Å²) in [6.45, 7) is 19.8. The van der Waals surface area contributed by atoms with Gasteiger partial charge in [0.15, 0.2) is 0 Å². The molecular weight excluding hydrogens is 376 g/mol. The molecule has 0 aliphatic heterocycles. The maximum absolute atomic E-state index is 12.9. The van der Waals surface area contributed by atoms with E-state index in [-0.39, 0.29) is 21.7 Å².